The smallest absolute Gasteiger partial charge is 0.00773 e. The fraction of sp³-hybridized carbons (Fsp3) is 1.00. The molecule has 4 N–H and O–H groups in total. The molecule has 0 rings (SSSR count). The second kappa shape index (κ2) is 15.8. The van der Waals surface area contributed by atoms with Crippen LogP contribution in [0.4, 0.5) is 0 Å². The minimum Gasteiger partial charge on any atom is -0.412 e. The summed E-state index contributed by atoms with van der Waals surface area (Å²) in [4.78, 5) is 0. The lowest BCUT2D eigenvalue weighted by molar-refractivity contribution is 0.674. The molecule has 0 aromatic carbocycles. The molecule has 0 aliphatic carbocycles. The van der Waals surface area contributed by atoms with Crippen molar-refractivity contribution >= 4 is 17.0 Å². The summed E-state index contributed by atoms with van der Waals surface area (Å²) in [5.41, 5.74) is 5.27. The molecule has 0 radical (unpaired) electrons. The fourth-order valence-corrected chi connectivity index (χ4v) is 0.571. The average molecular weight is 200 g/mol. The van der Waals surface area contributed by atoms with Crippen molar-refractivity contribution in [1.29, 1.82) is 0 Å². The maximum Gasteiger partial charge on any atom is -0.00773 e. The van der Waals surface area contributed by atoms with E-state index in [4.69, 9.17) is 5.73 Å². The molecule has 9 heavy (non-hydrogen) atoms. The third-order valence-electron chi connectivity index (χ3n) is 1.06. The van der Waals surface area contributed by atoms with E-state index in [1.54, 1.807) is 0 Å². The number of hydrogen-bond donors (Lipinski definition) is 1. The minimum absolute atomic E-state index is 0. The van der Waals surface area contributed by atoms with Gasteiger partial charge in [-0.3, -0.25) is 0 Å². The summed E-state index contributed by atoms with van der Waals surface area (Å²) in [6, 6.07) is 0. The molecule has 0 fully saturated rings. The average Bonchev–Trinajstić information content (AvgIpc) is 1.69. The molecule has 0 aliphatic rings. The highest BCUT2D eigenvalue weighted by Gasteiger charge is 1.80. The summed E-state index contributed by atoms with van der Waals surface area (Å²) in [5, 5.41) is 0. The van der Waals surface area contributed by atoms with E-state index < -0.39 is 0 Å². The van der Waals surface area contributed by atoms with E-state index in [0.717, 1.165) is 6.54 Å². The monoisotopic (exact) mass is 199 g/mol. The van der Waals surface area contributed by atoms with Crippen LogP contribution in [0, 0.1) is 0 Å². The lowest BCUT2D eigenvalue weighted by Crippen LogP contribution is -1.97. The number of rotatable bonds is 4. The van der Waals surface area contributed by atoms with Crippen molar-refractivity contribution in [3.8, 4) is 0 Å². The SMILES string of the molecule is Br.CCCCCCN.O. The molecule has 0 heterocycles. The zero-order valence-corrected chi connectivity index (χ0v) is 7.73. The molecule has 0 spiro atoms. The number of hydrogen-bond acceptors (Lipinski definition) is 1. The van der Waals surface area contributed by atoms with Gasteiger partial charge < -0.3 is 11.2 Å². The van der Waals surface area contributed by atoms with E-state index in [1.165, 1.54) is 25.7 Å². The highest BCUT2D eigenvalue weighted by Crippen LogP contribution is 1.95. The van der Waals surface area contributed by atoms with Crippen molar-refractivity contribution in [2.45, 2.75) is 32.6 Å². The van der Waals surface area contributed by atoms with Gasteiger partial charge in [-0.1, -0.05) is 26.2 Å². The first-order valence-electron chi connectivity index (χ1n) is 3.12. The lowest BCUT2D eigenvalue weighted by atomic mass is 10.2. The molecule has 60 valence electrons. The Morgan fingerprint density at radius 3 is 2.00 bits per heavy atom. The molecule has 0 aromatic rings. The van der Waals surface area contributed by atoms with Crippen molar-refractivity contribution in [3.63, 3.8) is 0 Å². The molecule has 0 amide bonds. The number of nitrogens with two attached hydrogens (primary N) is 1. The van der Waals surface area contributed by atoms with Crippen LogP contribution in [0.5, 0.6) is 0 Å². The molecular weight excluding hydrogens is 182 g/mol. The van der Waals surface area contributed by atoms with Gasteiger partial charge in [-0.2, -0.15) is 0 Å². The maximum absolute atomic E-state index is 5.27. The first-order chi connectivity index (χ1) is 3.41. The summed E-state index contributed by atoms with van der Waals surface area (Å²) in [6.45, 7) is 3.07. The Morgan fingerprint density at radius 2 is 1.67 bits per heavy atom. The van der Waals surface area contributed by atoms with Crippen molar-refractivity contribution in [2.75, 3.05) is 6.54 Å². The zero-order valence-electron chi connectivity index (χ0n) is 6.02. The largest absolute Gasteiger partial charge is 0.412 e. The molecule has 2 nitrogen and oxygen atoms in total. The molecular formula is C6H18BrNO. The highest BCUT2D eigenvalue weighted by molar-refractivity contribution is 8.93. The first-order valence-corrected chi connectivity index (χ1v) is 3.12. The lowest BCUT2D eigenvalue weighted by Gasteiger charge is -1.90. The van der Waals surface area contributed by atoms with Crippen LogP contribution in [0.1, 0.15) is 32.6 Å². The van der Waals surface area contributed by atoms with Gasteiger partial charge in [-0.25, -0.2) is 0 Å². The van der Waals surface area contributed by atoms with E-state index in [9.17, 15) is 0 Å². The highest BCUT2D eigenvalue weighted by atomic mass is 79.9. The van der Waals surface area contributed by atoms with Gasteiger partial charge in [0.25, 0.3) is 0 Å². The van der Waals surface area contributed by atoms with Crippen molar-refractivity contribution < 1.29 is 5.48 Å². The summed E-state index contributed by atoms with van der Waals surface area (Å²) < 4.78 is 0. The quantitative estimate of drug-likeness (QED) is 0.682. The second-order valence-corrected chi connectivity index (χ2v) is 1.85. The standard InChI is InChI=1S/C6H15N.BrH.H2O/c1-2-3-4-5-6-7;;/h2-7H2,1H3;1H;1H2. The van der Waals surface area contributed by atoms with Gasteiger partial charge in [0.2, 0.25) is 0 Å². The minimum atomic E-state index is 0. The van der Waals surface area contributed by atoms with Crippen molar-refractivity contribution in [2.24, 2.45) is 5.73 Å². The molecule has 0 aliphatic heterocycles. The number of unbranched alkanes of at least 4 members (excludes halogenated alkanes) is 3. The Morgan fingerprint density at radius 1 is 1.11 bits per heavy atom. The second-order valence-electron chi connectivity index (χ2n) is 1.85. The molecule has 0 aromatic heterocycles. The fourth-order valence-electron chi connectivity index (χ4n) is 0.571. The molecule has 0 saturated heterocycles. The van der Waals surface area contributed by atoms with Crippen LogP contribution in [-0.4, -0.2) is 12.0 Å². The van der Waals surface area contributed by atoms with Gasteiger partial charge in [0, 0.05) is 0 Å². The van der Waals surface area contributed by atoms with Gasteiger partial charge in [-0.15, -0.1) is 17.0 Å². The van der Waals surface area contributed by atoms with Crippen molar-refractivity contribution in [1.82, 2.24) is 0 Å². The van der Waals surface area contributed by atoms with E-state index in [-0.39, 0.29) is 22.5 Å². The van der Waals surface area contributed by atoms with Gasteiger partial charge >= 0.3 is 0 Å². The Hall–Kier alpha value is 0.400. The molecule has 0 saturated carbocycles. The zero-order chi connectivity index (χ0) is 5.54. The van der Waals surface area contributed by atoms with Gasteiger partial charge in [0.15, 0.2) is 0 Å². The van der Waals surface area contributed by atoms with E-state index in [2.05, 4.69) is 6.92 Å². The third-order valence-corrected chi connectivity index (χ3v) is 1.06. The predicted octanol–water partition coefficient (Wildman–Crippen LogP) is 1.28. The van der Waals surface area contributed by atoms with Crippen LogP contribution >= 0.6 is 17.0 Å². The van der Waals surface area contributed by atoms with Crippen LogP contribution in [0.3, 0.4) is 0 Å². The van der Waals surface area contributed by atoms with Crippen LogP contribution in [0.15, 0.2) is 0 Å². The van der Waals surface area contributed by atoms with E-state index in [0.29, 0.717) is 0 Å². The van der Waals surface area contributed by atoms with Crippen LogP contribution in [-0.2, 0) is 0 Å². The summed E-state index contributed by atoms with van der Waals surface area (Å²) in [7, 11) is 0. The van der Waals surface area contributed by atoms with Crippen LogP contribution < -0.4 is 5.73 Å². The Bertz CT molecular complexity index is 32.2. The number of halogens is 1. The molecule has 3 heteroatoms. The molecule has 0 bridgehead atoms. The predicted molar refractivity (Wildman–Crippen MR) is 47.1 cm³/mol. The third kappa shape index (κ3) is 17.8. The van der Waals surface area contributed by atoms with E-state index >= 15 is 0 Å². The Kier molecular flexibility index (Phi) is 28.4. The summed E-state index contributed by atoms with van der Waals surface area (Å²) >= 11 is 0. The Balaban J connectivity index is -0.000000180. The maximum atomic E-state index is 5.27. The van der Waals surface area contributed by atoms with Gasteiger partial charge in [0.1, 0.15) is 0 Å². The van der Waals surface area contributed by atoms with Crippen LogP contribution in [0.2, 0.25) is 0 Å². The first kappa shape index (κ1) is 16.2. The van der Waals surface area contributed by atoms with Gasteiger partial charge in [-0.05, 0) is 13.0 Å². The van der Waals surface area contributed by atoms with E-state index in [1.807, 2.05) is 0 Å². The summed E-state index contributed by atoms with van der Waals surface area (Å²) in [5.74, 6) is 0. The normalized spacial score (nSPS) is 7.33. The van der Waals surface area contributed by atoms with Crippen LogP contribution in [0.25, 0.3) is 0 Å². The Labute approximate surface area is 67.9 Å². The topological polar surface area (TPSA) is 57.5 Å². The molecule has 0 unspecified atom stereocenters. The van der Waals surface area contributed by atoms with Crippen molar-refractivity contribution in [3.05, 3.63) is 0 Å². The summed E-state index contributed by atoms with van der Waals surface area (Å²) in [6.07, 6.45) is 5.16. The molecule has 0 atom stereocenters. The van der Waals surface area contributed by atoms with Gasteiger partial charge in [0.05, 0.1) is 0 Å².